The third kappa shape index (κ3) is 6.77. The number of para-hydroxylation sites is 1. The third-order valence-electron chi connectivity index (χ3n) is 7.39. The highest BCUT2D eigenvalue weighted by Gasteiger charge is 2.37. The monoisotopic (exact) mass is 682 g/mol. The molecule has 2 amide bonds. The van der Waals surface area contributed by atoms with Gasteiger partial charge in [0, 0.05) is 36.3 Å². The highest BCUT2D eigenvalue weighted by atomic mass is 79.9. The summed E-state index contributed by atoms with van der Waals surface area (Å²) in [5, 5.41) is 8.19. The highest BCUT2D eigenvalue weighted by Crippen LogP contribution is 2.35. The van der Waals surface area contributed by atoms with Crippen molar-refractivity contribution >= 4 is 33.6 Å². The Morgan fingerprint density at radius 1 is 1.09 bits per heavy atom. The molecule has 1 aliphatic heterocycles. The van der Waals surface area contributed by atoms with Crippen LogP contribution in [0.5, 0.6) is 5.75 Å². The lowest BCUT2D eigenvalue weighted by molar-refractivity contribution is 0.00382. The van der Waals surface area contributed by atoms with Crippen LogP contribution in [0.2, 0.25) is 0 Å². The molecule has 1 atom stereocenters. The second-order valence-electron chi connectivity index (χ2n) is 11.6. The molecule has 1 aromatic heterocycles. The fourth-order valence-electron chi connectivity index (χ4n) is 5.24. The van der Waals surface area contributed by atoms with Crippen molar-refractivity contribution in [3.63, 3.8) is 0 Å². The molecule has 0 spiro atoms. The first-order valence-electron chi connectivity index (χ1n) is 14.2. The van der Waals surface area contributed by atoms with E-state index in [1.807, 2.05) is 45.0 Å². The van der Waals surface area contributed by atoms with Gasteiger partial charge in [0.25, 0.3) is 5.91 Å². The van der Waals surface area contributed by atoms with E-state index in [1.54, 1.807) is 41.2 Å². The molecule has 2 heterocycles. The average Bonchev–Trinajstić information content (AvgIpc) is 3.48. The summed E-state index contributed by atoms with van der Waals surface area (Å²) in [4.78, 5) is 30.6. The molecule has 1 fully saturated rings. The van der Waals surface area contributed by atoms with Gasteiger partial charge in [0.05, 0.1) is 36.1 Å². The Kier molecular flexibility index (Phi) is 9.10. The number of nitrogen functional groups attached to an aromatic ring is 1. The van der Waals surface area contributed by atoms with Crippen molar-refractivity contribution < 1.29 is 27.8 Å². The molecular weight excluding hydrogens is 650 g/mol. The van der Waals surface area contributed by atoms with Gasteiger partial charge in [-0.2, -0.15) is 0 Å². The van der Waals surface area contributed by atoms with Crippen molar-refractivity contribution in [1.29, 1.82) is 0 Å². The summed E-state index contributed by atoms with van der Waals surface area (Å²) in [5.41, 5.74) is 7.03. The normalized spacial score (nSPS) is 15.2. The molecule has 0 saturated carbocycles. The second kappa shape index (κ2) is 12.8. The van der Waals surface area contributed by atoms with E-state index in [-0.39, 0.29) is 53.5 Å². The minimum Gasteiger partial charge on any atom is -0.496 e. The first kappa shape index (κ1) is 31.9. The summed E-state index contributed by atoms with van der Waals surface area (Å²) in [6, 6.07) is 15.1. The lowest BCUT2D eigenvalue weighted by Gasteiger charge is -2.42. The van der Waals surface area contributed by atoms with Crippen LogP contribution in [0.25, 0.3) is 11.3 Å². The molecule has 1 saturated heterocycles. The van der Waals surface area contributed by atoms with Gasteiger partial charge in [0.15, 0.2) is 5.82 Å². The van der Waals surface area contributed by atoms with Gasteiger partial charge in [0.2, 0.25) is 0 Å². The molecule has 236 valence electrons. The second-order valence-corrected chi connectivity index (χ2v) is 12.4. The first-order valence-corrected chi connectivity index (χ1v) is 15.0. The van der Waals surface area contributed by atoms with Crippen molar-refractivity contribution in [1.82, 2.24) is 24.8 Å². The molecule has 1 unspecified atom stereocenters. The predicted octanol–water partition coefficient (Wildman–Crippen LogP) is 6.06. The van der Waals surface area contributed by atoms with Gasteiger partial charge < -0.3 is 25.0 Å². The topological polar surface area (TPSA) is 116 Å². The number of hydrogen-bond acceptors (Lipinski definition) is 7. The minimum atomic E-state index is -0.924. The van der Waals surface area contributed by atoms with E-state index in [9.17, 15) is 18.4 Å². The zero-order valence-corrected chi connectivity index (χ0v) is 26.8. The van der Waals surface area contributed by atoms with Crippen molar-refractivity contribution in [2.24, 2.45) is 0 Å². The van der Waals surface area contributed by atoms with Crippen molar-refractivity contribution in [2.45, 2.75) is 39.0 Å². The summed E-state index contributed by atoms with van der Waals surface area (Å²) >= 11 is 2.85. The largest absolute Gasteiger partial charge is 0.496 e. The molecule has 0 radical (unpaired) electrons. The molecule has 4 aromatic rings. The van der Waals surface area contributed by atoms with Crippen LogP contribution in [-0.2, 0) is 11.3 Å². The lowest BCUT2D eigenvalue weighted by Crippen LogP contribution is -2.53. The number of benzene rings is 3. The minimum absolute atomic E-state index is 0.0614. The van der Waals surface area contributed by atoms with Crippen LogP contribution >= 0.6 is 15.9 Å². The number of ether oxygens (including phenoxy) is 2. The number of piperazine rings is 1. The molecule has 5 rings (SSSR count). The van der Waals surface area contributed by atoms with E-state index in [2.05, 4.69) is 26.2 Å². The van der Waals surface area contributed by atoms with Crippen LogP contribution < -0.4 is 10.5 Å². The van der Waals surface area contributed by atoms with Crippen LogP contribution in [-0.4, -0.2) is 69.1 Å². The van der Waals surface area contributed by atoms with E-state index >= 15 is 0 Å². The Morgan fingerprint density at radius 2 is 1.80 bits per heavy atom. The number of anilines is 1. The average molecular weight is 684 g/mol. The van der Waals surface area contributed by atoms with Gasteiger partial charge in [-0.1, -0.05) is 41.6 Å². The van der Waals surface area contributed by atoms with E-state index in [4.69, 9.17) is 15.2 Å². The molecule has 0 bridgehead atoms. The number of rotatable bonds is 6. The summed E-state index contributed by atoms with van der Waals surface area (Å²) in [6.45, 7) is 6.31. The van der Waals surface area contributed by atoms with E-state index in [0.29, 0.717) is 16.9 Å². The fourth-order valence-corrected chi connectivity index (χ4v) is 5.57. The SMILES string of the molecule is COc1ccccc1C1CN(C(=O)OC(C)(C)C)CCN1C(=O)c1ccccc1Cn1cc(-c2cc(F)c(Br)c(F)c2N)nn1. The highest BCUT2D eigenvalue weighted by molar-refractivity contribution is 9.10. The Bertz CT molecular complexity index is 1740. The number of aromatic nitrogens is 3. The molecule has 10 nitrogen and oxygen atoms in total. The predicted molar refractivity (Wildman–Crippen MR) is 168 cm³/mol. The molecule has 0 aliphatic carbocycles. The maximum atomic E-state index is 14.4. The Balaban J connectivity index is 1.44. The molecule has 2 N–H and O–H groups in total. The molecule has 3 aromatic carbocycles. The lowest BCUT2D eigenvalue weighted by atomic mass is 9.98. The third-order valence-corrected chi connectivity index (χ3v) is 8.11. The van der Waals surface area contributed by atoms with Crippen LogP contribution in [0.1, 0.15) is 48.3 Å². The summed E-state index contributed by atoms with van der Waals surface area (Å²) < 4.78 is 41.0. The molecule has 13 heteroatoms. The standard InChI is InChI=1S/C32H33BrF2N6O4/c1-32(2,3)45-31(43)39-13-14-41(25(18-39)21-11-7-8-12-26(21)44-4)30(42)20-10-6-5-9-19(20)16-40-17-24(37-38-40)22-15-23(34)27(33)28(35)29(22)36/h5-12,15,17,25H,13-14,16,18,36H2,1-4H3. The summed E-state index contributed by atoms with van der Waals surface area (Å²) in [5.74, 6) is -1.40. The van der Waals surface area contributed by atoms with E-state index in [1.165, 1.54) is 10.9 Å². The van der Waals surface area contributed by atoms with Crippen LogP contribution in [0.3, 0.4) is 0 Å². The van der Waals surface area contributed by atoms with E-state index in [0.717, 1.165) is 11.6 Å². The summed E-state index contributed by atoms with van der Waals surface area (Å²) in [7, 11) is 1.56. The van der Waals surface area contributed by atoms with Crippen LogP contribution in [0, 0.1) is 11.6 Å². The summed E-state index contributed by atoms with van der Waals surface area (Å²) in [6.07, 6.45) is 1.06. The van der Waals surface area contributed by atoms with Gasteiger partial charge in [0.1, 0.15) is 22.9 Å². The fraction of sp³-hybridized carbons (Fsp3) is 0.312. The van der Waals surface area contributed by atoms with Gasteiger partial charge in [-0.25, -0.2) is 18.3 Å². The zero-order valence-electron chi connectivity index (χ0n) is 25.3. The first-order chi connectivity index (χ1) is 21.4. The number of carbonyl (C=O) groups excluding carboxylic acids is 2. The van der Waals surface area contributed by atoms with Crippen molar-refractivity contribution in [3.05, 3.63) is 93.6 Å². The van der Waals surface area contributed by atoms with Crippen molar-refractivity contribution in [3.8, 4) is 17.0 Å². The number of nitrogens with two attached hydrogens (primary N) is 1. The number of carbonyl (C=O) groups is 2. The van der Waals surface area contributed by atoms with Gasteiger partial charge in [-0.3, -0.25) is 4.79 Å². The molecule has 45 heavy (non-hydrogen) atoms. The Morgan fingerprint density at radius 3 is 2.53 bits per heavy atom. The van der Waals surface area contributed by atoms with Gasteiger partial charge in [-0.05, 0) is 60.5 Å². The van der Waals surface area contributed by atoms with Gasteiger partial charge in [-0.15, -0.1) is 5.10 Å². The molecule has 1 aliphatic rings. The Hall–Kier alpha value is -4.52. The smallest absolute Gasteiger partial charge is 0.410 e. The van der Waals surface area contributed by atoms with E-state index < -0.39 is 29.4 Å². The maximum absolute atomic E-state index is 14.4. The number of methoxy groups -OCH3 is 1. The zero-order chi connectivity index (χ0) is 32.5. The number of nitrogens with zero attached hydrogens (tertiary/aromatic N) is 5. The maximum Gasteiger partial charge on any atom is 0.410 e. The van der Waals surface area contributed by atoms with Gasteiger partial charge >= 0.3 is 6.09 Å². The number of amides is 2. The van der Waals surface area contributed by atoms with Crippen LogP contribution in [0.4, 0.5) is 19.3 Å². The van der Waals surface area contributed by atoms with Crippen molar-refractivity contribution in [2.75, 3.05) is 32.5 Å². The molecular formula is C32H33BrF2N6O4. The van der Waals surface area contributed by atoms with Crippen LogP contribution in [0.15, 0.2) is 65.3 Å². The Labute approximate surface area is 267 Å². The number of hydrogen-bond donors (Lipinski definition) is 1. The number of halogens is 3. The quantitative estimate of drug-likeness (QED) is 0.194.